The Labute approximate surface area is 190 Å². The lowest BCUT2D eigenvalue weighted by atomic mass is 10.0. The number of halogens is 1. The van der Waals surface area contributed by atoms with Gasteiger partial charge in [-0.15, -0.1) is 0 Å². The number of allylic oxidation sites excluding steroid dienone is 1. The highest BCUT2D eigenvalue weighted by Crippen LogP contribution is 2.31. The summed E-state index contributed by atoms with van der Waals surface area (Å²) in [6.45, 7) is 0. The van der Waals surface area contributed by atoms with Gasteiger partial charge in [0.25, 0.3) is 0 Å². The van der Waals surface area contributed by atoms with Crippen LogP contribution in [0, 0.1) is 0 Å². The van der Waals surface area contributed by atoms with Crippen molar-refractivity contribution in [3.63, 3.8) is 0 Å². The number of carbonyl (C=O) groups is 1. The Hall–Kier alpha value is -3.77. The van der Waals surface area contributed by atoms with E-state index in [2.05, 4.69) is 0 Å². The van der Waals surface area contributed by atoms with Crippen LogP contribution in [0.5, 0.6) is 17.2 Å². The summed E-state index contributed by atoms with van der Waals surface area (Å²) in [6.07, 6.45) is 6.67. The van der Waals surface area contributed by atoms with Gasteiger partial charge in [0.15, 0.2) is 11.0 Å². The summed E-state index contributed by atoms with van der Waals surface area (Å²) in [5.41, 5.74) is 1.44. The third-order valence-corrected chi connectivity index (χ3v) is 4.84. The van der Waals surface area contributed by atoms with Gasteiger partial charge in [-0.1, -0.05) is 24.3 Å². The van der Waals surface area contributed by atoms with Crippen LogP contribution in [0.2, 0.25) is 5.22 Å². The van der Waals surface area contributed by atoms with Crippen LogP contribution in [-0.4, -0.2) is 27.1 Å². The fraction of sp³-hybridized carbons (Fsp3) is 0.120. The maximum atomic E-state index is 12.5. The molecule has 0 aliphatic carbocycles. The van der Waals surface area contributed by atoms with Gasteiger partial charge in [-0.3, -0.25) is 4.79 Å². The molecule has 6 nitrogen and oxygen atoms in total. The van der Waals surface area contributed by atoms with E-state index in [1.54, 1.807) is 26.4 Å². The van der Waals surface area contributed by atoms with E-state index in [9.17, 15) is 9.59 Å². The molecule has 32 heavy (non-hydrogen) atoms. The molecule has 0 aliphatic rings. The van der Waals surface area contributed by atoms with Crippen molar-refractivity contribution in [1.82, 2.24) is 0 Å². The highest BCUT2D eigenvalue weighted by molar-refractivity contribution is 6.28. The molecule has 0 saturated carbocycles. The normalized spacial score (nSPS) is 11.1. The van der Waals surface area contributed by atoms with E-state index in [4.69, 9.17) is 30.2 Å². The average molecular weight is 453 g/mol. The van der Waals surface area contributed by atoms with Gasteiger partial charge in [-0.2, -0.15) is 0 Å². The van der Waals surface area contributed by atoms with Crippen LogP contribution in [0.1, 0.15) is 27.0 Å². The molecule has 164 valence electrons. The van der Waals surface area contributed by atoms with Crippen LogP contribution in [-0.2, 0) is 0 Å². The smallest absolute Gasteiger partial charge is 0.348 e. The fourth-order valence-electron chi connectivity index (χ4n) is 2.95. The number of hydrogen-bond donors (Lipinski definition) is 0. The lowest BCUT2D eigenvalue weighted by molar-refractivity contribution is 0.104. The monoisotopic (exact) mass is 452 g/mol. The molecule has 0 amide bonds. The van der Waals surface area contributed by atoms with Crippen LogP contribution in [0.4, 0.5) is 0 Å². The Kier molecular flexibility index (Phi) is 7.52. The minimum absolute atomic E-state index is 0.0849. The molecular formula is C25H21ClO6. The number of ether oxygens (including phenoxy) is 3. The Balaban J connectivity index is 1.99. The summed E-state index contributed by atoms with van der Waals surface area (Å²) >= 11 is 5.65. The molecule has 1 heterocycles. The van der Waals surface area contributed by atoms with Crippen molar-refractivity contribution < 1.29 is 23.4 Å². The van der Waals surface area contributed by atoms with E-state index in [1.165, 1.54) is 25.3 Å². The average Bonchev–Trinajstić information content (AvgIpc) is 2.81. The van der Waals surface area contributed by atoms with E-state index in [-0.39, 0.29) is 10.8 Å². The zero-order chi connectivity index (χ0) is 23.1. The van der Waals surface area contributed by atoms with E-state index in [1.807, 2.05) is 42.5 Å². The molecule has 3 aromatic rings. The largest absolute Gasteiger partial charge is 0.497 e. The second-order valence-corrected chi connectivity index (χ2v) is 6.95. The van der Waals surface area contributed by atoms with Gasteiger partial charge in [0, 0.05) is 11.6 Å². The molecule has 0 fully saturated rings. The summed E-state index contributed by atoms with van der Waals surface area (Å²) in [5.74, 6) is 1.35. The zero-order valence-electron chi connectivity index (χ0n) is 17.8. The van der Waals surface area contributed by atoms with Gasteiger partial charge >= 0.3 is 5.63 Å². The minimum Gasteiger partial charge on any atom is -0.497 e. The van der Waals surface area contributed by atoms with E-state index >= 15 is 0 Å². The third-order valence-electron chi connectivity index (χ3n) is 4.63. The summed E-state index contributed by atoms with van der Waals surface area (Å²) in [6, 6.07) is 13.8. The van der Waals surface area contributed by atoms with Crippen molar-refractivity contribution in [2.75, 3.05) is 21.3 Å². The molecule has 0 aliphatic heterocycles. The number of carbonyl (C=O) groups excluding carboxylic acids is 1. The molecule has 0 atom stereocenters. The number of hydrogen-bond acceptors (Lipinski definition) is 6. The number of rotatable bonds is 8. The molecule has 0 unspecified atom stereocenters. The van der Waals surface area contributed by atoms with E-state index < -0.39 is 11.4 Å². The minimum atomic E-state index is -0.798. The van der Waals surface area contributed by atoms with Gasteiger partial charge in [0.1, 0.15) is 22.8 Å². The van der Waals surface area contributed by atoms with Crippen molar-refractivity contribution in [2.24, 2.45) is 0 Å². The highest BCUT2D eigenvalue weighted by Gasteiger charge is 2.12. The molecule has 0 radical (unpaired) electrons. The van der Waals surface area contributed by atoms with Gasteiger partial charge in [-0.25, -0.2) is 4.79 Å². The predicted molar refractivity (Wildman–Crippen MR) is 125 cm³/mol. The number of ketones is 1. The highest BCUT2D eigenvalue weighted by atomic mass is 35.5. The van der Waals surface area contributed by atoms with Gasteiger partial charge < -0.3 is 18.6 Å². The lowest BCUT2D eigenvalue weighted by Crippen LogP contribution is -2.11. The predicted octanol–water partition coefficient (Wildman–Crippen LogP) is 5.39. The van der Waals surface area contributed by atoms with Gasteiger partial charge in [0.2, 0.25) is 0 Å². The first kappa shape index (κ1) is 22.9. The third kappa shape index (κ3) is 5.47. The number of methoxy groups -OCH3 is 3. The van der Waals surface area contributed by atoms with Crippen LogP contribution < -0.4 is 19.8 Å². The molecule has 0 N–H and O–H groups in total. The zero-order valence-corrected chi connectivity index (χ0v) is 18.5. The standard InChI is InChI=1S/C25H21ClO6/c1-29-18-8-5-16(6-9-18)4-7-17-14-19(30-2)15-23(31-3)20(17)10-12-22(27)21-11-13-24(26)32-25(21)28/h4-15H,1-3H3/b7-4?,12-10+. The van der Waals surface area contributed by atoms with Crippen molar-refractivity contribution in [1.29, 1.82) is 0 Å². The molecular weight excluding hydrogens is 432 g/mol. The maximum Gasteiger partial charge on any atom is 0.348 e. The van der Waals surface area contributed by atoms with Crippen molar-refractivity contribution >= 4 is 35.6 Å². The summed E-state index contributed by atoms with van der Waals surface area (Å²) in [5, 5.41) is -0.0849. The SMILES string of the molecule is COc1ccc(C=Cc2cc(OC)cc(OC)c2/C=C/C(=O)c2ccc(Cl)oc2=O)cc1. The second kappa shape index (κ2) is 10.5. The van der Waals surface area contributed by atoms with Crippen LogP contribution >= 0.6 is 11.6 Å². The molecule has 1 aromatic heterocycles. The Morgan fingerprint density at radius 1 is 0.875 bits per heavy atom. The summed E-state index contributed by atoms with van der Waals surface area (Å²) in [4.78, 5) is 24.4. The van der Waals surface area contributed by atoms with Crippen molar-refractivity contribution in [3.05, 3.63) is 92.5 Å². The first-order valence-corrected chi connectivity index (χ1v) is 9.93. The first-order valence-electron chi connectivity index (χ1n) is 9.55. The Bertz CT molecular complexity index is 1220. The second-order valence-electron chi connectivity index (χ2n) is 6.58. The first-order chi connectivity index (χ1) is 15.4. The van der Waals surface area contributed by atoms with E-state index in [0.29, 0.717) is 17.1 Å². The fourth-order valence-corrected chi connectivity index (χ4v) is 3.08. The molecule has 7 heteroatoms. The van der Waals surface area contributed by atoms with E-state index in [0.717, 1.165) is 16.9 Å². The van der Waals surface area contributed by atoms with Crippen molar-refractivity contribution in [3.8, 4) is 17.2 Å². The van der Waals surface area contributed by atoms with Crippen molar-refractivity contribution in [2.45, 2.75) is 0 Å². The molecule has 0 spiro atoms. The molecule has 2 aromatic carbocycles. The van der Waals surface area contributed by atoms with Crippen LogP contribution in [0.3, 0.4) is 0 Å². The Morgan fingerprint density at radius 2 is 1.59 bits per heavy atom. The maximum absolute atomic E-state index is 12.5. The molecule has 0 bridgehead atoms. The lowest BCUT2D eigenvalue weighted by Gasteiger charge is -2.11. The quantitative estimate of drug-likeness (QED) is 0.259. The Morgan fingerprint density at radius 3 is 2.22 bits per heavy atom. The van der Waals surface area contributed by atoms with Gasteiger partial charge in [-0.05, 0) is 65.2 Å². The molecule has 0 saturated heterocycles. The van der Waals surface area contributed by atoms with Gasteiger partial charge in [0.05, 0.1) is 21.3 Å². The van der Waals surface area contributed by atoms with Crippen LogP contribution in [0.15, 0.2) is 63.8 Å². The summed E-state index contributed by atoms with van der Waals surface area (Å²) < 4.78 is 20.8. The topological polar surface area (TPSA) is 75.0 Å². The molecule has 3 rings (SSSR count). The van der Waals surface area contributed by atoms with Crippen LogP contribution in [0.25, 0.3) is 18.2 Å². The number of benzene rings is 2. The summed E-state index contributed by atoms with van der Waals surface area (Å²) in [7, 11) is 4.70.